The van der Waals surface area contributed by atoms with Crippen LogP contribution in [0.4, 0.5) is 0 Å². The van der Waals surface area contributed by atoms with Crippen LogP contribution < -0.4 is 5.32 Å². The van der Waals surface area contributed by atoms with Gasteiger partial charge < -0.3 is 5.32 Å². The summed E-state index contributed by atoms with van der Waals surface area (Å²) in [5.74, 6) is 1.03. The first-order valence-corrected chi connectivity index (χ1v) is 8.99. The maximum absolute atomic E-state index is 4.52. The van der Waals surface area contributed by atoms with Crippen LogP contribution in [0.3, 0.4) is 0 Å². The first-order chi connectivity index (χ1) is 10.1. The molecule has 0 spiro atoms. The van der Waals surface area contributed by atoms with E-state index < -0.39 is 0 Å². The molecule has 1 atom stereocenters. The van der Waals surface area contributed by atoms with Crippen molar-refractivity contribution in [3.63, 3.8) is 0 Å². The first-order valence-electron chi connectivity index (χ1n) is 7.22. The van der Waals surface area contributed by atoms with Gasteiger partial charge in [0.25, 0.3) is 0 Å². The summed E-state index contributed by atoms with van der Waals surface area (Å²) in [7, 11) is 2.03. The monoisotopic (exact) mass is 367 g/mol. The van der Waals surface area contributed by atoms with E-state index >= 15 is 0 Å². The van der Waals surface area contributed by atoms with E-state index in [9.17, 15) is 0 Å². The van der Waals surface area contributed by atoms with Crippen LogP contribution in [0.15, 0.2) is 39.7 Å². The Balaban J connectivity index is 1.98. The van der Waals surface area contributed by atoms with Gasteiger partial charge in [0.2, 0.25) is 0 Å². The second-order valence-corrected chi connectivity index (χ2v) is 6.94. The van der Waals surface area contributed by atoms with E-state index in [-0.39, 0.29) is 0 Å². The highest BCUT2D eigenvalue weighted by Gasteiger charge is 2.13. The van der Waals surface area contributed by atoms with Crippen LogP contribution in [0.5, 0.6) is 0 Å². The van der Waals surface area contributed by atoms with E-state index in [0.29, 0.717) is 6.04 Å². The number of halogens is 1. The van der Waals surface area contributed by atoms with Crippen LogP contribution in [0.25, 0.3) is 0 Å². The second-order valence-electron chi connectivity index (χ2n) is 5.02. The Morgan fingerprint density at radius 1 is 1.38 bits per heavy atom. The van der Waals surface area contributed by atoms with Crippen molar-refractivity contribution in [3.8, 4) is 0 Å². The van der Waals surface area contributed by atoms with E-state index in [0.717, 1.165) is 24.4 Å². The topological polar surface area (TPSA) is 29.9 Å². The van der Waals surface area contributed by atoms with Gasteiger partial charge in [-0.25, -0.2) is 0 Å². The molecule has 21 heavy (non-hydrogen) atoms. The molecule has 0 aliphatic heterocycles. The fourth-order valence-electron chi connectivity index (χ4n) is 2.29. The number of aromatic nitrogens is 2. The lowest BCUT2D eigenvalue weighted by Gasteiger charge is -2.16. The summed E-state index contributed by atoms with van der Waals surface area (Å²) in [6, 6.07) is 11.0. The van der Waals surface area contributed by atoms with Gasteiger partial charge in [0.1, 0.15) is 0 Å². The van der Waals surface area contributed by atoms with Gasteiger partial charge in [-0.15, -0.1) is 11.8 Å². The van der Waals surface area contributed by atoms with Crippen molar-refractivity contribution in [2.45, 2.75) is 37.8 Å². The molecule has 114 valence electrons. The predicted octanol–water partition coefficient (Wildman–Crippen LogP) is 3.90. The third kappa shape index (κ3) is 4.59. The number of hydrogen-bond donors (Lipinski definition) is 1. The number of benzene rings is 1. The highest BCUT2D eigenvalue weighted by Crippen LogP contribution is 2.27. The SMILES string of the molecule is CCn1nc(C)cc1CC(CSc1ccccc1Br)NC. The normalized spacial score (nSPS) is 12.6. The molecule has 0 amide bonds. The van der Waals surface area contributed by atoms with Gasteiger partial charge in [-0.1, -0.05) is 12.1 Å². The van der Waals surface area contributed by atoms with Crippen LogP contribution in [0.2, 0.25) is 0 Å². The smallest absolute Gasteiger partial charge is 0.0596 e. The van der Waals surface area contributed by atoms with Crippen molar-refractivity contribution in [3.05, 3.63) is 46.2 Å². The molecule has 1 unspecified atom stereocenters. The fourth-order valence-corrected chi connectivity index (χ4v) is 3.96. The van der Waals surface area contributed by atoms with Gasteiger partial charge in [-0.2, -0.15) is 5.10 Å². The minimum atomic E-state index is 0.434. The molecule has 1 aromatic heterocycles. The zero-order chi connectivity index (χ0) is 15.2. The Morgan fingerprint density at radius 2 is 2.14 bits per heavy atom. The molecule has 0 saturated carbocycles. The number of likely N-dealkylation sites (N-methyl/N-ethyl adjacent to an activating group) is 1. The van der Waals surface area contributed by atoms with Crippen molar-refractivity contribution < 1.29 is 0 Å². The summed E-state index contributed by atoms with van der Waals surface area (Å²) in [4.78, 5) is 1.29. The molecule has 2 aromatic rings. The third-order valence-corrected chi connectivity index (χ3v) is 5.62. The predicted molar refractivity (Wildman–Crippen MR) is 94.1 cm³/mol. The number of aryl methyl sites for hydroxylation is 2. The Morgan fingerprint density at radius 3 is 2.81 bits per heavy atom. The minimum absolute atomic E-state index is 0.434. The van der Waals surface area contributed by atoms with E-state index in [1.54, 1.807) is 0 Å². The van der Waals surface area contributed by atoms with Gasteiger partial charge in [0, 0.05) is 39.8 Å². The molecular weight excluding hydrogens is 346 g/mol. The average Bonchev–Trinajstić information content (AvgIpc) is 2.84. The minimum Gasteiger partial charge on any atom is -0.316 e. The van der Waals surface area contributed by atoms with Gasteiger partial charge in [0.15, 0.2) is 0 Å². The van der Waals surface area contributed by atoms with E-state index in [1.165, 1.54) is 15.1 Å². The average molecular weight is 368 g/mol. The van der Waals surface area contributed by atoms with Crippen LogP contribution in [0, 0.1) is 6.92 Å². The van der Waals surface area contributed by atoms with Crippen LogP contribution >= 0.6 is 27.7 Å². The van der Waals surface area contributed by atoms with Gasteiger partial charge in [-0.3, -0.25) is 4.68 Å². The molecule has 1 heterocycles. The lowest BCUT2D eigenvalue weighted by Crippen LogP contribution is -2.31. The fraction of sp³-hybridized carbons (Fsp3) is 0.438. The third-order valence-electron chi connectivity index (χ3n) is 3.43. The van der Waals surface area contributed by atoms with E-state index in [1.807, 2.05) is 24.9 Å². The Labute approximate surface area is 139 Å². The Bertz CT molecular complexity index is 583. The van der Waals surface area contributed by atoms with Crippen molar-refractivity contribution in [1.29, 1.82) is 0 Å². The Kier molecular flexibility index (Phi) is 6.33. The highest BCUT2D eigenvalue weighted by atomic mass is 79.9. The number of thioether (sulfide) groups is 1. The molecule has 0 radical (unpaired) electrons. The van der Waals surface area contributed by atoms with E-state index in [2.05, 4.69) is 69.1 Å². The molecule has 1 N–H and O–H groups in total. The summed E-state index contributed by atoms with van der Waals surface area (Å²) in [5.41, 5.74) is 2.40. The highest BCUT2D eigenvalue weighted by molar-refractivity contribution is 9.10. The molecule has 0 bridgehead atoms. The maximum Gasteiger partial charge on any atom is 0.0596 e. The van der Waals surface area contributed by atoms with Crippen LogP contribution in [-0.4, -0.2) is 28.6 Å². The first kappa shape index (κ1) is 16.6. The molecule has 0 aliphatic rings. The van der Waals surface area contributed by atoms with E-state index in [4.69, 9.17) is 0 Å². The molecule has 2 rings (SSSR count). The largest absolute Gasteiger partial charge is 0.316 e. The lowest BCUT2D eigenvalue weighted by atomic mass is 10.2. The quantitative estimate of drug-likeness (QED) is 0.752. The summed E-state index contributed by atoms with van der Waals surface area (Å²) in [5, 5.41) is 7.95. The number of hydrogen-bond acceptors (Lipinski definition) is 3. The molecular formula is C16H22BrN3S. The van der Waals surface area contributed by atoms with Gasteiger partial charge >= 0.3 is 0 Å². The van der Waals surface area contributed by atoms with Crippen LogP contribution in [-0.2, 0) is 13.0 Å². The zero-order valence-electron chi connectivity index (χ0n) is 12.8. The molecule has 1 aromatic carbocycles. The molecule has 0 fully saturated rings. The standard InChI is InChI=1S/C16H22BrN3S/c1-4-20-14(9-12(2)19-20)10-13(18-3)11-21-16-8-6-5-7-15(16)17/h5-9,13,18H,4,10-11H2,1-3H3. The number of nitrogens with one attached hydrogen (secondary N) is 1. The summed E-state index contributed by atoms with van der Waals surface area (Å²) < 4.78 is 3.27. The molecule has 0 saturated heterocycles. The molecule has 0 aliphatic carbocycles. The van der Waals surface area contributed by atoms with Gasteiger partial charge in [0.05, 0.1) is 5.69 Å². The Hall–Kier alpha value is -0.780. The maximum atomic E-state index is 4.52. The molecule has 5 heteroatoms. The van der Waals surface area contributed by atoms with Gasteiger partial charge in [-0.05, 0) is 55.0 Å². The number of nitrogens with zero attached hydrogens (tertiary/aromatic N) is 2. The second kappa shape index (κ2) is 8.01. The van der Waals surface area contributed by atoms with Crippen molar-refractivity contribution in [1.82, 2.24) is 15.1 Å². The zero-order valence-corrected chi connectivity index (χ0v) is 15.2. The molecule has 3 nitrogen and oxygen atoms in total. The van der Waals surface area contributed by atoms with Crippen molar-refractivity contribution >= 4 is 27.7 Å². The van der Waals surface area contributed by atoms with Crippen LogP contribution in [0.1, 0.15) is 18.3 Å². The summed E-state index contributed by atoms with van der Waals surface area (Å²) in [6.07, 6.45) is 1.00. The summed E-state index contributed by atoms with van der Waals surface area (Å²) in [6.45, 7) is 5.12. The van der Waals surface area contributed by atoms with Crippen molar-refractivity contribution in [2.75, 3.05) is 12.8 Å². The lowest BCUT2D eigenvalue weighted by molar-refractivity contribution is 0.556. The number of rotatable bonds is 7. The van der Waals surface area contributed by atoms with Crippen molar-refractivity contribution in [2.24, 2.45) is 0 Å². The summed E-state index contributed by atoms with van der Waals surface area (Å²) >= 11 is 5.49.